The third kappa shape index (κ3) is 4.32. The predicted octanol–water partition coefficient (Wildman–Crippen LogP) is -0.145. The van der Waals surface area contributed by atoms with Crippen LogP contribution in [0.25, 0.3) is 11.1 Å². The van der Waals surface area contributed by atoms with E-state index in [9.17, 15) is 14.3 Å². The largest absolute Gasteiger partial charge is 1.00 e. The van der Waals surface area contributed by atoms with Crippen molar-refractivity contribution in [3.05, 3.63) is 83.4 Å². The van der Waals surface area contributed by atoms with Crippen LogP contribution in [-0.4, -0.2) is 18.1 Å². The van der Waals surface area contributed by atoms with Crippen molar-refractivity contribution in [1.82, 2.24) is 4.98 Å². The van der Waals surface area contributed by atoms with E-state index in [4.69, 9.17) is 4.74 Å². The summed E-state index contributed by atoms with van der Waals surface area (Å²) >= 11 is 0. The van der Waals surface area contributed by atoms with Crippen molar-refractivity contribution in [2.45, 2.75) is 6.42 Å². The van der Waals surface area contributed by atoms with Crippen LogP contribution >= 0.6 is 0 Å². The topological polar surface area (TPSA) is 62.2 Å². The van der Waals surface area contributed by atoms with Gasteiger partial charge in [0.05, 0.1) is 13.1 Å². The van der Waals surface area contributed by atoms with Gasteiger partial charge in [-0.15, -0.1) is 0 Å². The SMILES string of the molecule is COc1cccc(-c2ccc(Cc3cnccc3C(=O)[O-])c(F)c2)c1.[Li+]. The molecule has 0 bridgehead atoms. The Morgan fingerprint density at radius 3 is 2.58 bits per heavy atom. The van der Waals surface area contributed by atoms with E-state index in [1.165, 1.54) is 24.5 Å². The number of carboxylic acid groups (broad SMARTS) is 1. The number of aromatic carboxylic acids is 1. The summed E-state index contributed by atoms with van der Waals surface area (Å²) in [5, 5.41) is 11.2. The summed E-state index contributed by atoms with van der Waals surface area (Å²) in [7, 11) is 1.57. The number of halogens is 1. The van der Waals surface area contributed by atoms with Crippen LogP contribution in [0.1, 0.15) is 21.5 Å². The number of hydrogen-bond acceptors (Lipinski definition) is 4. The monoisotopic (exact) mass is 343 g/mol. The standard InChI is InChI=1S/C20H16FNO3.Li/c1-25-17-4-2-3-13(10-17)14-5-6-15(19(21)11-14)9-16-12-22-8-7-18(16)20(23)24;/h2-8,10-12H,9H2,1H3,(H,23,24);/q;+1/p-1. The van der Waals surface area contributed by atoms with Crippen LogP contribution < -0.4 is 28.7 Å². The van der Waals surface area contributed by atoms with Crippen LogP contribution in [-0.2, 0) is 6.42 Å². The molecule has 0 saturated carbocycles. The smallest absolute Gasteiger partial charge is 0.545 e. The van der Waals surface area contributed by atoms with Gasteiger partial charge in [0.2, 0.25) is 0 Å². The Morgan fingerprint density at radius 2 is 1.88 bits per heavy atom. The molecule has 4 nitrogen and oxygen atoms in total. The molecule has 6 heteroatoms. The van der Waals surface area contributed by atoms with Gasteiger partial charge in [-0.1, -0.05) is 24.3 Å². The maximum absolute atomic E-state index is 14.5. The van der Waals surface area contributed by atoms with Crippen LogP contribution in [0.2, 0.25) is 0 Å². The number of hydrogen-bond donors (Lipinski definition) is 0. The number of pyridine rings is 1. The number of nitrogens with zero attached hydrogens (tertiary/aromatic N) is 1. The molecule has 0 aliphatic heterocycles. The van der Waals surface area contributed by atoms with Crippen LogP contribution in [0.4, 0.5) is 4.39 Å². The fourth-order valence-electron chi connectivity index (χ4n) is 2.65. The first-order valence-corrected chi connectivity index (χ1v) is 7.65. The number of ether oxygens (including phenoxy) is 1. The molecule has 0 amide bonds. The number of rotatable bonds is 5. The third-order valence-corrected chi connectivity index (χ3v) is 3.96. The van der Waals surface area contributed by atoms with E-state index in [0.29, 0.717) is 22.4 Å². The minimum absolute atomic E-state index is 0. The Kier molecular flexibility index (Phi) is 6.56. The molecule has 0 atom stereocenters. The normalized spacial score (nSPS) is 10.1. The quantitative estimate of drug-likeness (QED) is 0.605. The van der Waals surface area contributed by atoms with E-state index in [1.807, 2.05) is 24.3 Å². The van der Waals surface area contributed by atoms with Gasteiger partial charge in [0.1, 0.15) is 11.6 Å². The molecular formula is C20H15FLiNO3. The Hall–Kier alpha value is -2.61. The minimum atomic E-state index is -1.30. The Labute approximate surface area is 162 Å². The van der Waals surface area contributed by atoms with Crippen LogP contribution in [0.5, 0.6) is 5.75 Å². The van der Waals surface area contributed by atoms with Gasteiger partial charge in [-0.3, -0.25) is 4.98 Å². The van der Waals surface area contributed by atoms with E-state index < -0.39 is 11.8 Å². The van der Waals surface area contributed by atoms with E-state index >= 15 is 0 Å². The second kappa shape index (κ2) is 8.66. The van der Waals surface area contributed by atoms with Gasteiger partial charge in [0.15, 0.2) is 0 Å². The second-order valence-electron chi connectivity index (χ2n) is 5.54. The van der Waals surface area contributed by atoms with E-state index in [0.717, 1.165) is 5.56 Å². The summed E-state index contributed by atoms with van der Waals surface area (Å²) in [5.74, 6) is -1.02. The summed E-state index contributed by atoms with van der Waals surface area (Å²) < 4.78 is 19.7. The number of aromatic nitrogens is 1. The van der Waals surface area contributed by atoms with E-state index in [-0.39, 0.29) is 30.8 Å². The average molecular weight is 343 g/mol. The number of carboxylic acids is 1. The fraction of sp³-hybridized carbons (Fsp3) is 0.100. The van der Waals surface area contributed by atoms with Gasteiger partial charge in [-0.05, 0) is 46.5 Å². The molecule has 0 radical (unpaired) electrons. The molecule has 0 N–H and O–H groups in total. The first-order valence-electron chi connectivity index (χ1n) is 7.65. The first-order chi connectivity index (χ1) is 12.1. The third-order valence-electron chi connectivity index (χ3n) is 3.96. The van der Waals surface area contributed by atoms with Crippen LogP contribution in [0.3, 0.4) is 0 Å². The van der Waals surface area contributed by atoms with Crippen molar-refractivity contribution < 1.29 is 37.9 Å². The Bertz CT molecular complexity index is 930. The predicted molar refractivity (Wildman–Crippen MR) is 89.8 cm³/mol. The van der Waals surface area contributed by atoms with E-state index in [1.54, 1.807) is 19.2 Å². The summed E-state index contributed by atoms with van der Waals surface area (Å²) in [6, 6.07) is 13.6. The molecule has 0 unspecified atom stereocenters. The maximum atomic E-state index is 14.5. The summed E-state index contributed by atoms with van der Waals surface area (Å²) in [6.45, 7) is 0. The molecule has 3 aromatic rings. The fourth-order valence-corrected chi connectivity index (χ4v) is 2.65. The van der Waals surface area contributed by atoms with Crippen molar-refractivity contribution in [1.29, 1.82) is 0 Å². The molecule has 0 spiro atoms. The van der Waals surface area contributed by atoms with Gasteiger partial charge < -0.3 is 14.6 Å². The van der Waals surface area contributed by atoms with Crippen molar-refractivity contribution in [2.75, 3.05) is 7.11 Å². The molecule has 0 fully saturated rings. The molecular weight excluding hydrogens is 328 g/mol. The number of benzene rings is 2. The van der Waals surface area contributed by atoms with Gasteiger partial charge in [0.25, 0.3) is 0 Å². The zero-order valence-corrected chi connectivity index (χ0v) is 14.5. The van der Waals surface area contributed by atoms with Gasteiger partial charge in [0, 0.05) is 24.4 Å². The van der Waals surface area contributed by atoms with Crippen molar-refractivity contribution in [3.63, 3.8) is 0 Å². The van der Waals surface area contributed by atoms with Crippen LogP contribution in [0, 0.1) is 5.82 Å². The van der Waals surface area contributed by atoms with Gasteiger partial charge in [-0.2, -0.15) is 0 Å². The second-order valence-corrected chi connectivity index (χ2v) is 5.54. The van der Waals surface area contributed by atoms with Crippen molar-refractivity contribution in [2.24, 2.45) is 0 Å². The zero-order valence-electron chi connectivity index (χ0n) is 14.5. The average Bonchev–Trinajstić information content (AvgIpc) is 2.63. The Balaban J connectivity index is 0.00000243. The maximum Gasteiger partial charge on any atom is 1.00 e. The zero-order chi connectivity index (χ0) is 17.8. The molecule has 0 aliphatic carbocycles. The molecule has 126 valence electrons. The molecule has 0 saturated heterocycles. The molecule has 0 aliphatic rings. The van der Waals surface area contributed by atoms with Gasteiger partial charge >= 0.3 is 18.9 Å². The number of carbonyl (C=O) groups is 1. The number of methoxy groups -OCH3 is 1. The molecule has 26 heavy (non-hydrogen) atoms. The molecule has 1 aromatic heterocycles. The minimum Gasteiger partial charge on any atom is -0.545 e. The molecule has 1 heterocycles. The van der Waals surface area contributed by atoms with Crippen molar-refractivity contribution in [3.8, 4) is 16.9 Å². The van der Waals surface area contributed by atoms with Crippen LogP contribution in [0.15, 0.2) is 60.9 Å². The molecule has 3 rings (SSSR count). The number of carbonyl (C=O) groups excluding carboxylic acids is 1. The van der Waals surface area contributed by atoms with E-state index in [2.05, 4.69) is 4.98 Å². The van der Waals surface area contributed by atoms with Crippen molar-refractivity contribution >= 4 is 5.97 Å². The Morgan fingerprint density at radius 1 is 1.12 bits per heavy atom. The first kappa shape index (κ1) is 19.7. The summed E-state index contributed by atoms with van der Waals surface area (Å²) in [5.41, 5.74) is 2.37. The summed E-state index contributed by atoms with van der Waals surface area (Å²) in [4.78, 5) is 15.1. The van der Waals surface area contributed by atoms with Gasteiger partial charge in [-0.25, -0.2) is 4.39 Å². The summed E-state index contributed by atoms with van der Waals surface area (Å²) in [6.07, 6.45) is 2.92. The molecule has 2 aromatic carbocycles.